The first-order valence-corrected chi connectivity index (χ1v) is 7.18. The van der Waals surface area contributed by atoms with Gasteiger partial charge in [-0.3, -0.25) is 0 Å². The monoisotopic (exact) mass is 246 g/mol. The summed E-state index contributed by atoms with van der Waals surface area (Å²) in [6.07, 6.45) is 3.52. The lowest BCUT2D eigenvalue weighted by Crippen LogP contribution is -2.51. The molecule has 0 aromatic heterocycles. The third-order valence-electron chi connectivity index (χ3n) is 4.17. The van der Waals surface area contributed by atoms with E-state index in [2.05, 4.69) is 44.3 Å². The number of rotatable bonds is 3. The first-order chi connectivity index (χ1) is 8.61. The Morgan fingerprint density at radius 3 is 2.78 bits per heavy atom. The smallest absolute Gasteiger partial charge is 0.0219 e. The van der Waals surface area contributed by atoms with Gasteiger partial charge in [-0.05, 0) is 43.7 Å². The zero-order valence-corrected chi connectivity index (χ0v) is 11.9. The van der Waals surface area contributed by atoms with Crippen LogP contribution in [0.5, 0.6) is 0 Å². The topological polar surface area (TPSA) is 38.0 Å². The van der Waals surface area contributed by atoms with Crippen LogP contribution in [0.3, 0.4) is 0 Å². The molecule has 1 aromatic rings. The molecule has 0 radical (unpaired) electrons. The minimum absolute atomic E-state index is 0.295. The number of hydrogen-bond acceptors (Lipinski definition) is 2. The molecule has 1 heterocycles. The molecule has 18 heavy (non-hydrogen) atoms. The third kappa shape index (κ3) is 2.93. The van der Waals surface area contributed by atoms with Gasteiger partial charge in [0, 0.05) is 18.6 Å². The minimum atomic E-state index is 0.295. The highest BCUT2D eigenvalue weighted by Gasteiger charge is 2.28. The van der Waals surface area contributed by atoms with Crippen molar-refractivity contribution in [2.24, 2.45) is 5.73 Å². The fourth-order valence-electron chi connectivity index (χ4n) is 3.08. The lowest BCUT2D eigenvalue weighted by molar-refractivity contribution is 0.305. The van der Waals surface area contributed by atoms with Crippen LogP contribution in [0.2, 0.25) is 0 Å². The molecule has 3 unspecified atom stereocenters. The van der Waals surface area contributed by atoms with Crippen molar-refractivity contribution < 1.29 is 0 Å². The molecule has 3 atom stereocenters. The van der Waals surface area contributed by atoms with Crippen LogP contribution in [0.25, 0.3) is 0 Å². The Kier molecular flexibility index (Phi) is 4.41. The Morgan fingerprint density at radius 2 is 2.11 bits per heavy atom. The van der Waals surface area contributed by atoms with E-state index in [4.69, 9.17) is 5.73 Å². The molecule has 1 aliphatic heterocycles. The molecule has 2 nitrogen and oxygen atoms in total. The Balaban J connectivity index is 2.10. The highest BCUT2D eigenvalue weighted by molar-refractivity contribution is 5.34. The molecule has 2 heteroatoms. The van der Waals surface area contributed by atoms with Crippen LogP contribution in [0.15, 0.2) is 18.2 Å². The summed E-state index contributed by atoms with van der Waals surface area (Å²) in [5, 5.41) is 3.64. The van der Waals surface area contributed by atoms with Crippen molar-refractivity contribution in [3.05, 3.63) is 34.9 Å². The van der Waals surface area contributed by atoms with Gasteiger partial charge in [0.25, 0.3) is 0 Å². The highest BCUT2D eigenvalue weighted by atomic mass is 15.0. The van der Waals surface area contributed by atoms with Crippen molar-refractivity contribution >= 4 is 0 Å². The van der Waals surface area contributed by atoms with Gasteiger partial charge in [0.2, 0.25) is 0 Å². The van der Waals surface area contributed by atoms with Gasteiger partial charge in [0.05, 0.1) is 0 Å². The second kappa shape index (κ2) is 5.85. The first-order valence-electron chi connectivity index (χ1n) is 7.18. The summed E-state index contributed by atoms with van der Waals surface area (Å²) in [4.78, 5) is 0. The molecule has 0 aliphatic carbocycles. The largest absolute Gasteiger partial charge is 0.326 e. The zero-order valence-electron chi connectivity index (χ0n) is 11.9. The van der Waals surface area contributed by atoms with Crippen molar-refractivity contribution in [2.45, 2.75) is 58.0 Å². The predicted octanol–water partition coefficient (Wildman–Crippen LogP) is 2.88. The maximum Gasteiger partial charge on any atom is 0.0219 e. The van der Waals surface area contributed by atoms with E-state index in [0.717, 1.165) is 13.0 Å². The summed E-state index contributed by atoms with van der Waals surface area (Å²) in [7, 11) is 0. The molecule has 3 N–H and O–H groups in total. The van der Waals surface area contributed by atoms with Gasteiger partial charge in [-0.1, -0.05) is 37.1 Å². The Morgan fingerprint density at radius 1 is 1.33 bits per heavy atom. The van der Waals surface area contributed by atoms with Gasteiger partial charge in [-0.15, -0.1) is 0 Å². The molecule has 2 rings (SSSR count). The molecule has 0 saturated carbocycles. The average molecular weight is 246 g/mol. The molecule has 1 saturated heterocycles. The van der Waals surface area contributed by atoms with Crippen LogP contribution in [-0.4, -0.2) is 18.6 Å². The second-order valence-corrected chi connectivity index (χ2v) is 5.76. The number of piperidine rings is 1. The Hall–Kier alpha value is -0.860. The summed E-state index contributed by atoms with van der Waals surface area (Å²) in [5.74, 6) is 0.577. The average Bonchev–Trinajstić information content (AvgIpc) is 2.35. The molecule has 100 valence electrons. The summed E-state index contributed by atoms with van der Waals surface area (Å²) < 4.78 is 0. The summed E-state index contributed by atoms with van der Waals surface area (Å²) in [6, 6.07) is 7.55. The normalized spacial score (nSPS) is 28.3. The molecule has 1 fully saturated rings. The van der Waals surface area contributed by atoms with E-state index in [1.165, 1.54) is 29.5 Å². The van der Waals surface area contributed by atoms with Crippen LogP contribution in [0.4, 0.5) is 0 Å². The molecule has 0 amide bonds. The molecular formula is C16H26N2. The van der Waals surface area contributed by atoms with E-state index < -0.39 is 0 Å². The Bertz CT molecular complexity index is 400. The van der Waals surface area contributed by atoms with Crippen LogP contribution < -0.4 is 11.1 Å². The summed E-state index contributed by atoms with van der Waals surface area (Å²) in [5.41, 5.74) is 10.5. The SMILES string of the molecule is CCCC1NCC(c2cc(C)ccc2C)CC1N. The van der Waals surface area contributed by atoms with Gasteiger partial charge in [-0.25, -0.2) is 0 Å². The second-order valence-electron chi connectivity index (χ2n) is 5.76. The quantitative estimate of drug-likeness (QED) is 0.860. The van der Waals surface area contributed by atoms with Crippen molar-refractivity contribution in [2.75, 3.05) is 6.54 Å². The lowest BCUT2D eigenvalue weighted by Gasteiger charge is -2.36. The first kappa shape index (κ1) is 13.6. The number of aryl methyl sites for hydroxylation is 2. The van der Waals surface area contributed by atoms with Crippen LogP contribution in [0, 0.1) is 13.8 Å². The van der Waals surface area contributed by atoms with Crippen molar-refractivity contribution in [3.8, 4) is 0 Å². The number of hydrogen-bond donors (Lipinski definition) is 2. The van der Waals surface area contributed by atoms with E-state index in [0.29, 0.717) is 18.0 Å². The van der Waals surface area contributed by atoms with Gasteiger partial charge < -0.3 is 11.1 Å². The number of nitrogens with one attached hydrogen (secondary N) is 1. The minimum Gasteiger partial charge on any atom is -0.326 e. The van der Waals surface area contributed by atoms with Gasteiger partial charge in [0.15, 0.2) is 0 Å². The van der Waals surface area contributed by atoms with E-state index >= 15 is 0 Å². The standard InChI is InChI=1S/C16H26N2/c1-4-5-16-15(17)9-13(10-18-16)14-8-11(2)6-7-12(14)3/h6-8,13,15-16,18H,4-5,9-10,17H2,1-3H3. The van der Waals surface area contributed by atoms with Crippen molar-refractivity contribution in [3.63, 3.8) is 0 Å². The number of benzene rings is 1. The number of nitrogens with two attached hydrogens (primary N) is 1. The van der Waals surface area contributed by atoms with Crippen LogP contribution >= 0.6 is 0 Å². The Labute approximate surface area is 111 Å². The third-order valence-corrected chi connectivity index (χ3v) is 4.17. The molecule has 1 aromatic carbocycles. The molecular weight excluding hydrogens is 220 g/mol. The maximum atomic E-state index is 6.32. The van der Waals surface area contributed by atoms with Gasteiger partial charge in [0.1, 0.15) is 0 Å². The van der Waals surface area contributed by atoms with Crippen molar-refractivity contribution in [1.29, 1.82) is 0 Å². The van der Waals surface area contributed by atoms with Gasteiger partial charge >= 0.3 is 0 Å². The van der Waals surface area contributed by atoms with E-state index in [1.54, 1.807) is 0 Å². The molecule has 0 spiro atoms. The maximum absolute atomic E-state index is 6.32. The fraction of sp³-hybridized carbons (Fsp3) is 0.625. The molecule has 0 bridgehead atoms. The summed E-state index contributed by atoms with van der Waals surface area (Å²) >= 11 is 0. The predicted molar refractivity (Wildman–Crippen MR) is 77.9 cm³/mol. The fourth-order valence-corrected chi connectivity index (χ4v) is 3.08. The van der Waals surface area contributed by atoms with Crippen LogP contribution in [-0.2, 0) is 0 Å². The lowest BCUT2D eigenvalue weighted by atomic mass is 9.82. The van der Waals surface area contributed by atoms with Crippen LogP contribution in [0.1, 0.15) is 48.8 Å². The zero-order chi connectivity index (χ0) is 13.1. The summed E-state index contributed by atoms with van der Waals surface area (Å²) in [6.45, 7) is 7.67. The molecule has 1 aliphatic rings. The van der Waals surface area contributed by atoms with E-state index in [1.807, 2.05) is 0 Å². The highest BCUT2D eigenvalue weighted by Crippen LogP contribution is 2.28. The van der Waals surface area contributed by atoms with Crippen molar-refractivity contribution in [1.82, 2.24) is 5.32 Å². The van der Waals surface area contributed by atoms with Gasteiger partial charge in [-0.2, -0.15) is 0 Å². The van der Waals surface area contributed by atoms with E-state index in [-0.39, 0.29) is 0 Å². The van der Waals surface area contributed by atoms with E-state index in [9.17, 15) is 0 Å².